The summed E-state index contributed by atoms with van der Waals surface area (Å²) in [6, 6.07) is 14.5. The summed E-state index contributed by atoms with van der Waals surface area (Å²) in [4.78, 5) is 24.1. The lowest BCUT2D eigenvalue weighted by Gasteiger charge is -2.14. The second-order valence-electron chi connectivity index (χ2n) is 6.19. The van der Waals surface area contributed by atoms with Crippen LogP contribution >= 0.6 is 0 Å². The normalized spacial score (nSPS) is 10.3. The van der Waals surface area contributed by atoms with E-state index in [2.05, 4.69) is 16.0 Å². The Morgan fingerprint density at radius 3 is 2.15 bits per heavy atom. The van der Waals surface area contributed by atoms with Crippen LogP contribution in [0.4, 0.5) is 16.2 Å². The Kier molecular flexibility index (Phi) is 7.02. The molecule has 0 bridgehead atoms. The molecule has 6 heteroatoms. The fraction of sp³-hybridized carbons (Fsp3) is 0.300. The van der Waals surface area contributed by atoms with Crippen LogP contribution in [0.1, 0.15) is 25.8 Å². The van der Waals surface area contributed by atoms with E-state index in [1.165, 1.54) is 0 Å². The minimum absolute atomic E-state index is 0.0289. The Hall–Kier alpha value is -3.02. The van der Waals surface area contributed by atoms with Gasteiger partial charge in [0.2, 0.25) is 5.91 Å². The van der Waals surface area contributed by atoms with E-state index < -0.39 is 0 Å². The molecule has 0 spiro atoms. The first-order chi connectivity index (χ1) is 12.5. The number of nitrogens with one attached hydrogen (secondary N) is 3. The van der Waals surface area contributed by atoms with Gasteiger partial charge in [-0.1, -0.05) is 24.3 Å². The zero-order chi connectivity index (χ0) is 18.9. The number of methoxy groups -OCH3 is 1. The molecule has 3 N–H and O–H groups in total. The highest BCUT2D eigenvalue weighted by molar-refractivity contribution is 5.99. The van der Waals surface area contributed by atoms with Crippen molar-refractivity contribution in [3.63, 3.8) is 0 Å². The second kappa shape index (κ2) is 9.46. The van der Waals surface area contributed by atoms with Crippen molar-refractivity contribution in [3.8, 4) is 5.75 Å². The van der Waals surface area contributed by atoms with Crippen LogP contribution in [0.3, 0.4) is 0 Å². The largest absolute Gasteiger partial charge is 0.497 e. The third-order valence-electron chi connectivity index (χ3n) is 3.67. The number of amides is 3. The van der Waals surface area contributed by atoms with E-state index in [0.29, 0.717) is 24.2 Å². The van der Waals surface area contributed by atoms with Gasteiger partial charge in [-0.05, 0) is 50.1 Å². The number of aryl methyl sites for hydroxylation is 1. The predicted molar refractivity (Wildman–Crippen MR) is 104 cm³/mol. The molecule has 0 atom stereocenters. The number of rotatable bonds is 7. The van der Waals surface area contributed by atoms with Gasteiger partial charge in [0.1, 0.15) is 5.75 Å². The van der Waals surface area contributed by atoms with Crippen LogP contribution in [0.5, 0.6) is 5.75 Å². The molecule has 6 nitrogen and oxygen atoms in total. The lowest BCUT2D eigenvalue weighted by molar-refractivity contribution is -0.116. The highest BCUT2D eigenvalue weighted by Crippen LogP contribution is 2.21. The van der Waals surface area contributed by atoms with Crippen molar-refractivity contribution in [1.29, 1.82) is 0 Å². The van der Waals surface area contributed by atoms with Crippen molar-refractivity contribution in [2.24, 2.45) is 0 Å². The molecule has 0 radical (unpaired) electrons. The van der Waals surface area contributed by atoms with E-state index in [1.54, 1.807) is 25.3 Å². The number of ether oxygens (including phenoxy) is 1. The molecule has 0 heterocycles. The number of carbonyl (C=O) groups excluding carboxylic acids is 2. The van der Waals surface area contributed by atoms with Crippen LogP contribution < -0.4 is 20.7 Å². The summed E-state index contributed by atoms with van der Waals surface area (Å²) >= 11 is 0. The van der Waals surface area contributed by atoms with Crippen LogP contribution in [0.2, 0.25) is 0 Å². The molecule has 0 aromatic heterocycles. The molecule has 0 saturated carbocycles. The SMILES string of the molecule is COc1ccc(CCC(=O)Nc2ccccc2NC(=O)NC(C)C)cc1. The number of urea groups is 1. The number of benzene rings is 2. The molecule has 2 aromatic rings. The average molecular weight is 355 g/mol. The van der Waals surface area contributed by atoms with Gasteiger partial charge in [0.15, 0.2) is 0 Å². The molecule has 0 aliphatic rings. The minimum Gasteiger partial charge on any atom is -0.497 e. The summed E-state index contributed by atoms with van der Waals surface area (Å²) in [6.45, 7) is 3.76. The van der Waals surface area contributed by atoms with Gasteiger partial charge in [-0.25, -0.2) is 4.79 Å². The van der Waals surface area contributed by atoms with Crippen LogP contribution in [0, 0.1) is 0 Å². The topological polar surface area (TPSA) is 79.5 Å². The molecule has 0 aliphatic carbocycles. The zero-order valence-corrected chi connectivity index (χ0v) is 15.3. The van der Waals surface area contributed by atoms with Crippen molar-refractivity contribution in [3.05, 3.63) is 54.1 Å². The number of anilines is 2. The highest BCUT2D eigenvalue weighted by Gasteiger charge is 2.10. The number of hydrogen-bond donors (Lipinski definition) is 3. The Labute approximate surface area is 153 Å². The monoisotopic (exact) mass is 355 g/mol. The fourth-order valence-corrected chi connectivity index (χ4v) is 2.38. The summed E-state index contributed by atoms with van der Waals surface area (Å²) in [5.74, 6) is 0.678. The summed E-state index contributed by atoms with van der Waals surface area (Å²) < 4.78 is 5.12. The molecule has 0 fully saturated rings. The molecule has 138 valence electrons. The third-order valence-corrected chi connectivity index (χ3v) is 3.67. The Morgan fingerprint density at radius 2 is 1.58 bits per heavy atom. The fourth-order valence-electron chi connectivity index (χ4n) is 2.38. The smallest absolute Gasteiger partial charge is 0.319 e. The van der Waals surface area contributed by atoms with Gasteiger partial charge in [-0.2, -0.15) is 0 Å². The van der Waals surface area contributed by atoms with E-state index in [9.17, 15) is 9.59 Å². The quantitative estimate of drug-likeness (QED) is 0.707. The Balaban J connectivity index is 1.92. The molecule has 0 aliphatic heterocycles. The average Bonchev–Trinajstić information content (AvgIpc) is 2.61. The molecule has 2 rings (SSSR count). The summed E-state index contributed by atoms with van der Waals surface area (Å²) in [7, 11) is 1.62. The van der Waals surface area contributed by atoms with Crippen molar-refractivity contribution in [2.75, 3.05) is 17.7 Å². The van der Waals surface area contributed by atoms with Gasteiger partial charge in [0, 0.05) is 12.5 Å². The Morgan fingerprint density at radius 1 is 0.962 bits per heavy atom. The van der Waals surface area contributed by atoms with E-state index in [0.717, 1.165) is 11.3 Å². The number of carbonyl (C=O) groups is 2. The van der Waals surface area contributed by atoms with Crippen LogP contribution in [-0.4, -0.2) is 25.1 Å². The van der Waals surface area contributed by atoms with Gasteiger partial charge >= 0.3 is 6.03 Å². The van der Waals surface area contributed by atoms with Crippen molar-refractivity contribution >= 4 is 23.3 Å². The lowest BCUT2D eigenvalue weighted by atomic mass is 10.1. The summed E-state index contributed by atoms with van der Waals surface area (Å²) in [5.41, 5.74) is 2.19. The third kappa shape index (κ3) is 6.12. The van der Waals surface area contributed by atoms with Gasteiger partial charge in [0.05, 0.1) is 18.5 Å². The predicted octanol–water partition coefficient (Wildman–Crippen LogP) is 3.80. The first-order valence-electron chi connectivity index (χ1n) is 8.57. The Bertz CT molecular complexity index is 742. The van der Waals surface area contributed by atoms with Crippen LogP contribution in [0.15, 0.2) is 48.5 Å². The summed E-state index contributed by atoms with van der Waals surface area (Å²) in [6.07, 6.45) is 0.970. The minimum atomic E-state index is -0.306. The molecule has 3 amide bonds. The number of para-hydroxylation sites is 2. The van der Waals surface area contributed by atoms with Gasteiger partial charge in [0.25, 0.3) is 0 Å². The lowest BCUT2D eigenvalue weighted by Crippen LogP contribution is -2.34. The van der Waals surface area contributed by atoms with Gasteiger partial charge < -0.3 is 20.7 Å². The first kappa shape index (κ1) is 19.3. The molecule has 26 heavy (non-hydrogen) atoms. The molecular formula is C20H25N3O3. The van der Waals surface area contributed by atoms with E-state index >= 15 is 0 Å². The van der Waals surface area contributed by atoms with Crippen molar-refractivity contribution in [1.82, 2.24) is 5.32 Å². The second-order valence-corrected chi connectivity index (χ2v) is 6.19. The maximum Gasteiger partial charge on any atom is 0.319 e. The van der Waals surface area contributed by atoms with E-state index in [-0.39, 0.29) is 18.0 Å². The van der Waals surface area contributed by atoms with Crippen LogP contribution in [0.25, 0.3) is 0 Å². The van der Waals surface area contributed by atoms with Crippen molar-refractivity contribution < 1.29 is 14.3 Å². The zero-order valence-electron chi connectivity index (χ0n) is 15.3. The standard InChI is InChI=1S/C20H25N3O3/c1-14(2)21-20(25)23-18-7-5-4-6-17(18)22-19(24)13-10-15-8-11-16(26-3)12-9-15/h4-9,11-12,14H,10,13H2,1-3H3,(H,22,24)(H2,21,23,25). The maximum atomic E-state index is 12.3. The summed E-state index contributed by atoms with van der Waals surface area (Å²) in [5, 5.41) is 8.37. The number of hydrogen-bond acceptors (Lipinski definition) is 3. The molecule has 0 unspecified atom stereocenters. The van der Waals surface area contributed by atoms with E-state index in [1.807, 2.05) is 44.2 Å². The highest BCUT2D eigenvalue weighted by atomic mass is 16.5. The van der Waals surface area contributed by atoms with Gasteiger partial charge in [-0.15, -0.1) is 0 Å². The van der Waals surface area contributed by atoms with E-state index in [4.69, 9.17) is 4.74 Å². The maximum absolute atomic E-state index is 12.3. The van der Waals surface area contributed by atoms with Gasteiger partial charge in [-0.3, -0.25) is 4.79 Å². The molecule has 0 saturated heterocycles. The first-order valence-corrected chi connectivity index (χ1v) is 8.57. The molecular weight excluding hydrogens is 330 g/mol. The van der Waals surface area contributed by atoms with Crippen molar-refractivity contribution in [2.45, 2.75) is 32.7 Å². The van der Waals surface area contributed by atoms with Crippen LogP contribution in [-0.2, 0) is 11.2 Å². The molecule has 2 aromatic carbocycles.